The van der Waals surface area contributed by atoms with E-state index in [0.717, 1.165) is 6.92 Å². The lowest BCUT2D eigenvalue weighted by Gasteiger charge is -2.09. The van der Waals surface area contributed by atoms with Crippen LogP contribution in [-0.4, -0.2) is 23.9 Å². The molecule has 0 aliphatic heterocycles. The SMILES string of the molecule is CCC(=O)OC(=O)CC(C)CCC(=O)OC(C)=O. The minimum absolute atomic E-state index is 0.0513. The highest BCUT2D eigenvalue weighted by molar-refractivity contribution is 5.85. The molecule has 0 aliphatic carbocycles. The highest BCUT2D eigenvalue weighted by Crippen LogP contribution is 2.12. The molecule has 6 heteroatoms. The van der Waals surface area contributed by atoms with Crippen molar-refractivity contribution in [3.8, 4) is 0 Å². The van der Waals surface area contributed by atoms with Crippen LogP contribution in [0.15, 0.2) is 0 Å². The maximum Gasteiger partial charge on any atom is 0.313 e. The zero-order chi connectivity index (χ0) is 14.1. The zero-order valence-electron chi connectivity index (χ0n) is 10.9. The van der Waals surface area contributed by atoms with E-state index in [0.29, 0.717) is 6.42 Å². The lowest BCUT2D eigenvalue weighted by molar-refractivity contribution is -0.162. The van der Waals surface area contributed by atoms with Crippen molar-refractivity contribution in [3.05, 3.63) is 0 Å². The minimum atomic E-state index is -0.652. The second-order valence-corrected chi connectivity index (χ2v) is 4.01. The standard InChI is InChI=1S/C12H18O6/c1-4-10(14)18-12(16)7-8(2)5-6-11(15)17-9(3)13/h8H,4-7H2,1-3H3. The summed E-state index contributed by atoms with van der Waals surface area (Å²) in [6.07, 6.45) is 0.640. The van der Waals surface area contributed by atoms with Gasteiger partial charge in [-0.2, -0.15) is 0 Å². The first kappa shape index (κ1) is 16.3. The van der Waals surface area contributed by atoms with E-state index in [2.05, 4.69) is 9.47 Å². The molecule has 102 valence electrons. The van der Waals surface area contributed by atoms with Crippen molar-refractivity contribution in [1.29, 1.82) is 0 Å². The second-order valence-electron chi connectivity index (χ2n) is 4.01. The van der Waals surface area contributed by atoms with Crippen molar-refractivity contribution in [3.63, 3.8) is 0 Å². The van der Waals surface area contributed by atoms with Gasteiger partial charge in [-0.25, -0.2) is 0 Å². The molecule has 0 rings (SSSR count). The fraction of sp³-hybridized carbons (Fsp3) is 0.667. The third kappa shape index (κ3) is 8.43. The van der Waals surface area contributed by atoms with Gasteiger partial charge in [0.15, 0.2) is 0 Å². The predicted molar refractivity (Wildman–Crippen MR) is 61.2 cm³/mol. The van der Waals surface area contributed by atoms with Crippen LogP contribution in [0.2, 0.25) is 0 Å². The van der Waals surface area contributed by atoms with Gasteiger partial charge >= 0.3 is 23.9 Å². The molecule has 0 saturated heterocycles. The Kier molecular flexibility index (Phi) is 7.58. The molecule has 0 N–H and O–H groups in total. The Morgan fingerprint density at radius 3 is 2.11 bits per heavy atom. The van der Waals surface area contributed by atoms with Gasteiger partial charge in [0.1, 0.15) is 0 Å². The molecule has 1 atom stereocenters. The molecule has 0 aromatic rings. The Bertz CT molecular complexity index is 333. The first-order valence-corrected chi connectivity index (χ1v) is 5.79. The summed E-state index contributed by atoms with van der Waals surface area (Å²) in [6, 6.07) is 0. The van der Waals surface area contributed by atoms with Crippen LogP contribution in [0.5, 0.6) is 0 Å². The van der Waals surface area contributed by atoms with E-state index in [9.17, 15) is 19.2 Å². The molecule has 0 fully saturated rings. The summed E-state index contributed by atoms with van der Waals surface area (Å²) in [6.45, 7) is 4.49. The molecule has 0 aromatic carbocycles. The second kappa shape index (κ2) is 8.38. The van der Waals surface area contributed by atoms with Crippen molar-refractivity contribution < 1.29 is 28.7 Å². The van der Waals surface area contributed by atoms with E-state index in [4.69, 9.17) is 0 Å². The van der Waals surface area contributed by atoms with Crippen LogP contribution in [-0.2, 0) is 28.7 Å². The molecule has 0 bridgehead atoms. The lowest BCUT2D eigenvalue weighted by Crippen LogP contribution is -2.15. The Hall–Kier alpha value is -1.72. The number of esters is 4. The molecule has 0 aromatic heterocycles. The first-order chi connectivity index (χ1) is 8.35. The maximum atomic E-state index is 11.2. The van der Waals surface area contributed by atoms with Crippen LogP contribution in [0, 0.1) is 5.92 Å². The zero-order valence-corrected chi connectivity index (χ0v) is 10.9. The van der Waals surface area contributed by atoms with E-state index < -0.39 is 23.9 Å². The third-order valence-electron chi connectivity index (χ3n) is 2.13. The largest absolute Gasteiger partial charge is 0.393 e. The third-order valence-corrected chi connectivity index (χ3v) is 2.13. The highest BCUT2D eigenvalue weighted by Gasteiger charge is 2.15. The van der Waals surface area contributed by atoms with Gasteiger partial charge in [-0.1, -0.05) is 13.8 Å². The summed E-state index contributed by atoms with van der Waals surface area (Å²) in [7, 11) is 0. The molecule has 0 saturated carbocycles. The molecule has 0 spiro atoms. The number of carbonyl (C=O) groups excluding carboxylic acids is 4. The van der Waals surface area contributed by atoms with E-state index in [1.54, 1.807) is 13.8 Å². The molecule has 0 amide bonds. The van der Waals surface area contributed by atoms with Crippen LogP contribution < -0.4 is 0 Å². The van der Waals surface area contributed by atoms with Crippen molar-refractivity contribution in [2.24, 2.45) is 5.92 Å². The molecular weight excluding hydrogens is 240 g/mol. The van der Waals surface area contributed by atoms with Gasteiger partial charge in [0, 0.05) is 26.2 Å². The van der Waals surface area contributed by atoms with Gasteiger partial charge in [0.25, 0.3) is 0 Å². The summed E-state index contributed by atoms with van der Waals surface area (Å²) in [5.41, 5.74) is 0. The highest BCUT2D eigenvalue weighted by atomic mass is 16.6. The number of carbonyl (C=O) groups is 4. The van der Waals surface area contributed by atoms with Gasteiger partial charge in [0.2, 0.25) is 0 Å². The van der Waals surface area contributed by atoms with Gasteiger partial charge < -0.3 is 9.47 Å². The van der Waals surface area contributed by atoms with Gasteiger partial charge in [-0.05, 0) is 12.3 Å². The average molecular weight is 258 g/mol. The molecule has 0 heterocycles. The summed E-state index contributed by atoms with van der Waals surface area (Å²) >= 11 is 0. The van der Waals surface area contributed by atoms with Crippen molar-refractivity contribution >= 4 is 23.9 Å². The molecular formula is C12H18O6. The van der Waals surface area contributed by atoms with Gasteiger partial charge in [0.05, 0.1) is 0 Å². The summed E-state index contributed by atoms with van der Waals surface area (Å²) < 4.78 is 8.83. The van der Waals surface area contributed by atoms with Crippen molar-refractivity contribution in [1.82, 2.24) is 0 Å². The number of ether oxygens (including phenoxy) is 2. The number of rotatable bonds is 6. The smallest absolute Gasteiger partial charge is 0.313 e. The fourth-order valence-electron chi connectivity index (χ4n) is 1.20. The molecule has 0 aliphatic rings. The van der Waals surface area contributed by atoms with Crippen molar-refractivity contribution in [2.75, 3.05) is 0 Å². The van der Waals surface area contributed by atoms with Crippen LogP contribution in [0.25, 0.3) is 0 Å². The van der Waals surface area contributed by atoms with Crippen LogP contribution in [0.4, 0.5) is 0 Å². The summed E-state index contributed by atoms with van der Waals surface area (Å²) in [4.78, 5) is 43.6. The molecule has 1 unspecified atom stereocenters. The fourth-order valence-corrected chi connectivity index (χ4v) is 1.20. The van der Waals surface area contributed by atoms with Crippen molar-refractivity contribution in [2.45, 2.75) is 46.5 Å². The first-order valence-electron chi connectivity index (χ1n) is 5.79. The molecule has 0 radical (unpaired) electrons. The Morgan fingerprint density at radius 1 is 1.00 bits per heavy atom. The van der Waals surface area contributed by atoms with Crippen LogP contribution in [0.1, 0.15) is 46.5 Å². The monoisotopic (exact) mass is 258 g/mol. The Balaban J connectivity index is 3.86. The average Bonchev–Trinajstić information content (AvgIpc) is 2.25. The molecule has 18 heavy (non-hydrogen) atoms. The lowest BCUT2D eigenvalue weighted by atomic mass is 10.0. The van der Waals surface area contributed by atoms with E-state index >= 15 is 0 Å². The quantitative estimate of drug-likeness (QED) is 0.528. The van der Waals surface area contributed by atoms with E-state index in [1.807, 2.05) is 0 Å². The Morgan fingerprint density at radius 2 is 1.61 bits per heavy atom. The molecule has 6 nitrogen and oxygen atoms in total. The minimum Gasteiger partial charge on any atom is -0.393 e. The maximum absolute atomic E-state index is 11.2. The topological polar surface area (TPSA) is 86.7 Å². The van der Waals surface area contributed by atoms with Gasteiger partial charge in [-0.3, -0.25) is 19.2 Å². The summed E-state index contributed by atoms with van der Waals surface area (Å²) in [5.74, 6) is -2.56. The van der Waals surface area contributed by atoms with Crippen LogP contribution >= 0.6 is 0 Å². The van der Waals surface area contributed by atoms with E-state index in [1.165, 1.54) is 0 Å². The number of hydrogen-bond donors (Lipinski definition) is 0. The predicted octanol–water partition coefficient (Wildman–Crippen LogP) is 1.36. The number of hydrogen-bond acceptors (Lipinski definition) is 6. The van der Waals surface area contributed by atoms with E-state index in [-0.39, 0.29) is 25.2 Å². The summed E-state index contributed by atoms with van der Waals surface area (Å²) in [5, 5.41) is 0. The normalized spacial score (nSPS) is 11.5. The Labute approximate surface area is 106 Å². The van der Waals surface area contributed by atoms with Crippen LogP contribution in [0.3, 0.4) is 0 Å². The van der Waals surface area contributed by atoms with Gasteiger partial charge in [-0.15, -0.1) is 0 Å².